The number of nitrogens with one attached hydrogen (secondary N) is 1. The summed E-state index contributed by atoms with van der Waals surface area (Å²) in [5, 5.41) is 2.65. The smallest absolute Gasteiger partial charge is 0.339 e. The Morgan fingerprint density at radius 3 is 2.22 bits per heavy atom. The fourth-order valence-corrected chi connectivity index (χ4v) is 3.32. The molecule has 6 nitrogen and oxygen atoms in total. The van der Waals surface area contributed by atoms with Crippen molar-refractivity contribution in [3.05, 3.63) is 78.3 Å². The molecule has 0 bridgehead atoms. The molecule has 0 aliphatic carbocycles. The Labute approximate surface area is 157 Å². The van der Waals surface area contributed by atoms with Gasteiger partial charge in [0.05, 0.1) is 6.26 Å². The van der Waals surface area contributed by atoms with E-state index < -0.39 is 16.0 Å². The number of carbonyl (C=O) groups is 1. The topological polar surface area (TPSA) is 85.6 Å². The standard InChI is InChI=1S/C20H19NO5S/c1-14(2)15-5-11-18(12-6-15)27(23,24)26-17-9-7-16(8-10-17)21-20(22)19-4-3-13-25-19/h3-14H,1-2H3,(H,21,22). The predicted molar refractivity (Wildman–Crippen MR) is 101 cm³/mol. The molecule has 1 N–H and O–H groups in total. The van der Waals surface area contributed by atoms with E-state index in [4.69, 9.17) is 8.60 Å². The highest BCUT2D eigenvalue weighted by atomic mass is 32.2. The van der Waals surface area contributed by atoms with Crippen LogP contribution < -0.4 is 9.50 Å². The maximum absolute atomic E-state index is 12.4. The molecular formula is C20H19NO5S. The summed E-state index contributed by atoms with van der Waals surface area (Å²) in [7, 11) is -3.93. The molecule has 27 heavy (non-hydrogen) atoms. The van der Waals surface area contributed by atoms with Crippen molar-refractivity contribution < 1.29 is 21.8 Å². The van der Waals surface area contributed by atoms with E-state index in [-0.39, 0.29) is 16.4 Å². The number of benzene rings is 2. The molecule has 0 aliphatic rings. The molecule has 3 aromatic rings. The zero-order chi connectivity index (χ0) is 19.4. The first-order chi connectivity index (χ1) is 12.8. The SMILES string of the molecule is CC(C)c1ccc(S(=O)(=O)Oc2ccc(NC(=O)c3ccco3)cc2)cc1. The van der Waals surface area contributed by atoms with Gasteiger partial charge in [-0.25, -0.2) is 0 Å². The highest BCUT2D eigenvalue weighted by Crippen LogP contribution is 2.23. The van der Waals surface area contributed by atoms with E-state index in [9.17, 15) is 13.2 Å². The van der Waals surface area contributed by atoms with Crippen LogP contribution in [0.2, 0.25) is 0 Å². The molecule has 0 spiro atoms. The lowest BCUT2D eigenvalue weighted by atomic mass is 10.0. The van der Waals surface area contributed by atoms with Gasteiger partial charge in [0.15, 0.2) is 5.76 Å². The first-order valence-corrected chi connectivity index (χ1v) is 9.75. The van der Waals surface area contributed by atoms with E-state index in [1.54, 1.807) is 36.4 Å². The van der Waals surface area contributed by atoms with Crippen molar-refractivity contribution in [2.75, 3.05) is 5.32 Å². The molecule has 2 aromatic carbocycles. The van der Waals surface area contributed by atoms with Gasteiger partial charge in [-0.2, -0.15) is 8.42 Å². The second-order valence-electron chi connectivity index (χ2n) is 6.22. The molecule has 0 atom stereocenters. The summed E-state index contributed by atoms with van der Waals surface area (Å²) in [5.41, 5.74) is 1.54. The summed E-state index contributed by atoms with van der Waals surface area (Å²) >= 11 is 0. The van der Waals surface area contributed by atoms with Crippen molar-refractivity contribution in [1.29, 1.82) is 0 Å². The van der Waals surface area contributed by atoms with E-state index in [1.807, 2.05) is 13.8 Å². The molecule has 1 aromatic heterocycles. The number of furan rings is 1. The van der Waals surface area contributed by atoms with Crippen LogP contribution in [0, 0.1) is 0 Å². The van der Waals surface area contributed by atoms with Gasteiger partial charge in [0, 0.05) is 5.69 Å². The minimum atomic E-state index is -3.93. The van der Waals surface area contributed by atoms with E-state index in [1.165, 1.54) is 30.5 Å². The van der Waals surface area contributed by atoms with Gasteiger partial charge in [0.25, 0.3) is 5.91 Å². The van der Waals surface area contributed by atoms with Crippen molar-refractivity contribution in [2.24, 2.45) is 0 Å². The molecule has 0 saturated carbocycles. The van der Waals surface area contributed by atoms with Gasteiger partial charge in [-0.1, -0.05) is 26.0 Å². The lowest BCUT2D eigenvalue weighted by Crippen LogP contribution is -2.11. The normalized spacial score (nSPS) is 11.4. The molecule has 0 unspecified atom stereocenters. The molecule has 0 fully saturated rings. The summed E-state index contributed by atoms with van der Waals surface area (Å²) in [6.45, 7) is 4.07. The van der Waals surface area contributed by atoms with Gasteiger partial charge in [-0.15, -0.1) is 0 Å². The van der Waals surface area contributed by atoms with Crippen LogP contribution in [0.25, 0.3) is 0 Å². The maximum atomic E-state index is 12.4. The third-order valence-corrected chi connectivity index (χ3v) is 5.16. The Morgan fingerprint density at radius 2 is 1.67 bits per heavy atom. The second kappa shape index (κ2) is 7.67. The molecule has 1 heterocycles. The summed E-state index contributed by atoms with van der Waals surface area (Å²) in [5.74, 6) is 0.250. The molecular weight excluding hydrogens is 366 g/mol. The number of hydrogen-bond donors (Lipinski definition) is 1. The van der Waals surface area contributed by atoms with Crippen LogP contribution in [0.1, 0.15) is 35.9 Å². The Kier molecular flexibility index (Phi) is 5.32. The van der Waals surface area contributed by atoms with Gasteiger partial charge < -0.3 is 13.9 Å². The first kappa shape index (κ1) is 18.7. The van der Waals surface area contributed by atoms with Crippen molar-refractivity contribution in [1.82, 2.24) is 0 Å². The van der Waals surface area contributed by atoms with Crippen LogP contribution in [0.3, 0.4) is 0 Å². The fraction of sp³-hybridized carbons (Fsp3) is 0.150. The lowest BCUT2D eigenvalue weighted by Gasteiger charge is -2.10. The second-order valence-corrected chi connectivity index (χ2v) is 7.76. The number of rotatable bonds is 6. The summed E-state index contributed by atoms with van der Waals surface area (Å²) in [4.78, 5) is 12.0. The summed E-state index contributed by atoms with van der Waals surface area (Å²) < 4.78 is 35.0. The Morgan fingerprint density at radius 1 is 1.00 bits per heavy atom. The number of anilines is 1. The highest BCUT2D eigenvalue weighted by molar-refractivity contribution is 7.87. The van der Waals surface area contributed by atoms with Gasteiger partial charge >= 0.3 is 10.1 Å². The Balaban J connectivity index is 1.69. The minimum absolute atomic E-state index is 0.0853. The Hall–Kier alpha value is -3.06. The fourth-order valence-electron chi connectivity index (χ4n) is 2.39. The maximum Gasteiger partial charge on any atom is 0.339 e. The molecule has 7 heteroatoms. The van der Waals surface area contributed by atoms with E-state index >= 15 is 0 Å². The molecule has 3 rings (SSSR count). The quantitative estimate of drug-likeness (QED) is 0.635. The largest absolute Gasteiger partial charge is 0.459 e. The van der Waals surface area contributed by atoms with Gasteiger partial charge in [0.2, 0.25) is 0 Å². The molecule has 0 saturated heterocycles. The van der Waals surface area contributed by atoms with E-state index in [0.29, 0.717) is 11.6 Å². The lowest BCUT2D eigenvalue weighted by molar-refractivity contribution is 0.0996. The van der Waals surface area contributed by atoms with Crippen LogP contribution in [0.4, 0.5) is 5.69 Å². The van der Waals surface area contributed by atoms with Crippen LogP contribution in [-0.4, -0.2) is 14.3 Å². The Bertz CT molecular complexity index is 1010. The average Bonchev–Trinajstić information content (AvgIpc) is 3.18. The van der Waals surface area contributed by atoms with E-state index in [0.717, 1.165) is 5.56 Å². The van der Waals surface area contributed by atoms with Crippen LogP contribution in [-0.2, 0) is 10.1 Å². The molecule has 0 radical (unpaired) electrons. The monoisotopic (exact) mass is 385 g/mol. The predicted octanol–water partition coefficient (Wildman–Crippen LogP) is 4.42. The van der Waals surface area contributed by atoms with Gasteiger partial charge in [-0.05, 0) is 60.0 Å². The number of amides is 1. The third kappa shape index (κ3) is 4.57. The zero-order valence-corrected chi connectivity index (χ0v) is 15.7. The van der Waals surface area contributed by atoms with E-state index in [2.05, 4.69) is 5.32 Å². The van der Waals surface area contributed by atoms with Gasteiger partial charge in [-0.3, -0.25) is 4.79 Å². The first-order valence-electron chi connectivity index (χ1n) is 8.34. The molecule has 1 amide bonds. The number of carbonyl (C=O) groups excluding carboxylic acids is 1. The van der Waals surface area contributed by atoms with Crippen molar-refractivity contribution in [3.63, 3.8) is 0 Å². The molecule has 140 valence electrons. The van der Waals surface area contributed by atoms with Crippen molar-refractivity contribution >= 4 is 21.7 Å². The summed E-state index contributed by atoms with van der Waals surface area (Å²) in [6, 6.07) is 15.8. The minimum Gasteiger partial charge on any atom is -0.459 e. The zero-order valence-electron chi connectivity index (χ0n) is 14.9. The third-order valence-electron chi connectivity index (χ3n) is 3.90. The van der Waals surface area contributed by atoms with Crippen LogP contribution in [0.15, 0.2) is 76.2 Å². The summed E-state index contributed by atoms with van der Waals surface area (Å²) in [6.07, 6.45) is 1.41. The van der Waals surface area contributed by atoms with Gasteiger partial charge in [0.1, 0.15) is 10.6 Å². The van der Waals surface area contributed by atoms with Crippen LogP contribution in [0.5, 0.6) is 5.75 Å². The van der Waals surface area contributed by atoms with Crippen LogP contribution >= 0.6 is 0 Å². The van der Waals surface area contributed by atoms with Crippen molar-refractivity contribution in [2.45, 2.75) is 24.7 Å². The number of hydrogen-bond acceptors (Lipinski definition) is 5. The average molecular weight is 385 g/mol. The molecule has 0 aliphatic heterocycles. The van der Waals surface area contributed by atoms with Crippen molar-refractivity contribution in [3.8, 4) is 5.75 Å². The highest BCUT2D eigenvalue weighted by Gasteiger charge is 2.17.